The molecule has 0 atom stereocenters. The number of nitrogen functional groups attached to an aromatic ring is 1. The zero-order valence-electron chi connectivity index (χ0n) is 16.1. The Morgan fingerprint density at radius 2 is 2.04 bits per heavy atom. The number of halogens is 1. The minimum Gasteiger partial charge on any atom is -0.492 e. The van der Waals surface area contributed by atoms with Crippen molar-refractivity contribution < 1.29 is 9.15 Å². The number of rotatable bonds is 4. The SMILES string of the molecule is Nc1c(Cl)cc(-c2nnc(CC3(C4CCNCC4)CCC3)o2)c2c1CCCO2. The van der Waals surface area contributed by atoms with E-state index < -0.39 is 0 Å². The van der Waals surface area contributed by atoms with Crippen molar-refractivity contribution in [3.8, 4) is 17.2 Å². The number of aromatic nitrogens is 2. The van der Waals surface area contributed by atoms with Gasteiger partial charge in [-0.05, 0) is 69.0 Å². The highest BCUT2D eigenvalue weighted by molar-refractivity contribution is 6.33. The van der Waals surface area contributed by atoms with E-state index in [1.807, 2.05) is 0 Å². The first-order valence-corrected chi connectivity index (χ1v) is 10.8. The molecule has 3 heterocycles. The predicted octanol–water partition coefficient (Wildman–Crippen LogP) is 4.01. The van der Waals surface area contributed by atoms with Gasteiger partial charge in [0, 0.05) is 12.0 Å². The van der Waals surface area contributed by atoms with E-state index in [0.717, 1.165) is 61.0 Å². The van der Waals surface area contributed by atoms with Crippen molar-refractivity contribution in [2.75, 3.05) is 25.4 Å². The third-order valence-electron chi connectivity index (χ3n) is 6.94. The van der Waals surface area contributed by atoms with Gasteiger partial charge in [0.2, 0.25) is 5.89 Å². The first-order valence-electron chi connectivity index (χ1n) is 10.4. The van der Waals surface area contributed by atoms with Gasteiger partial charge in [-0.15, -0.1) is 10.2 Å². The van der Waals surface area contributed by atoms with Crippen molar-refractivity contribution in [1.29, 1.82) is 0 Å². The summed E-state index contributed by atoms with van der Waals surface area (Å²) in [6.07, 6.45) is 8.99. The van der Waals surface area contributed by atoms with Crippen molar-refractivity contribution in [2.45, 2.75) is 51.4 Å². The Morgan fingerprint density at radius 3 is 2.79 bits per heavy atom. The van der Waals surface area contributed by atoms with E-state index in [1.165, 1.54) is 32.1 Å². The van der Waals surface area contributed by atoms with Gasteiger partial charge in [-0.1, -0.05) is 18.0 Å². The Kier molecular flexibility index (Phi) is 4.71. The van der Waals surface area contributed by atoms with Crippen molar-refractivity contribution in [1.82, 2.24) is 15.5 Å². The van der Waals surface area contributed by atoms with Crippen LogP contribution < -0.4 is 15.8 Å². The molecule has 3 aliphatic rings. The van der Waals surface area contributed by atoms with Gasteiger partial charge in [-0.3, -0.25) is 0 Å². The number of hydrogen-bond donors (Lipinski definition) is 2. The zero-order chi connectivity index (χ0) is 19.1. The third kappa shape index (κ3) is 3.07. The van der Waals surface area contributed by atoms with E-state index >= 15 is 0 Å². The lowest BCUT2D eigenvalue weighted by atomic mass is 9.57. The average molecular weight is 403 g/mol. The van der Waals surface area contributed by atoms with Crippen LogP contribution in [0.1, 0.15) is 50.0 Å². The highest BCUT2D eigenvalue weighted by Crippen LogP contribution is 2.52. The quantitative estimate of drug-likeness (QED) is 0.751. The topological polar surface area (TPSA) is 86.2 Å². The molecular formula is C21H27ClN4O2. The molecule has 1 aromatic heterocycles. The first kappa shape index (κ1) is 18.3. The molecule has 6 nitrogen and oxygen atoms in total. The van der Waals surface area contributed by atoms with Crippen LogP contribution in [0.3, 0.4) is 0 Å². The summed E-state index contributed by atoms with van der Waals surface area (Å²) in [6.45, 7) is 2.91. The number of nitrogens with one attached hydrogen (secondary N) is 1. The molecule has 0 bridgehead atoms. The standard InChI is InChI=1S/C21H27ClN4O2/c22-16-11-15(19-14(18(16)23)3-1-10-27-19)20-26-25-17(28-20)12-21(6-2-7-21)13-4-8-24-9-5-13/h11,13,24H,1-10,12,23H2. The van der Waals surface area contributed by atoms with Crippen LogP contribution in [-0.4, -0.2) is 29.9 Å². The summed E-state index contributed by atoms with van der Waals surface area (Å²) >= 11 is 6.37. The lowest BCUT2D eigenvalue weighted by Crippen LogP contribution is -2.44. The Bertz CT molecular complexity index is 872. The molecule has 1 aromatic carbocycles. The van der Waals surface area contributed by atoms with Crippen molar-refractivity contribution in [3.63, 3.8) is 0 Å². The molecule has 2 aromatic rings. The molecule has 2 aliphatic heterocycles. The van der Waals surface area contributed by atoms with Crippen LogP contribution in [-0.2, 0) is 12.8 Å². The van der Waals surface area contributed by atoms with Gasteiger partial charge in [0.05, 0.1) is 22.9 Å². The van der Waals surface area contributed by atoms with Crippen LogP contribution in [0.4, 0.5) is 5.69 Å². The molecule has 2 fully saturated rings. The highest BCUT2D eigenvalue weighted by atomic mass is 35.5. The number of hydrogen-bond acceptors (Lipinski definition) is 6. The van der Waals surface area contributed by atoms with Gasteiger partial charge in [0.1, 0.15) is 5.75 Å². The van der Waals surface area contributed by atoms with Gasteiger partial charge in [-0.2, -0.15) is 0 Å². The van der Waals surface area contributed by atoms with Crippen LogP contribution >= 0.6 is 11.6 Å². The molecule has 7 heteroatoms. The van der Waals surface area contributed by atoms with Crippen molar-refractivity contribution in [2.24, 2.45) is 11.3 Å². The van der Waals surface area contributed by atoms with Gasteiger partial charge in [0.25, 0.3) is 5.89 Å². The summed E-state index contributed by atoms with van der Waals surface area (Å²) in [6, 6.07) is 1.80. The second kappa shape index (κ2) is 7.23. The first-order chi connectivity index (χ1) is 13.7. The van der Waals surface area contributed by atoms with E-state index in [2.05, 4.69) is 15.5 Å². The average Bonchev–Trinajstić information content (AvgIpc) is 3.16. The van der Waals surface area contributed by atoms with Crippen LogP contribution in [0.5, 0.6) is 5.75 Å². The zero-order valence-corrected chi connectivity index (χ0v) is 16.9. The molecule has 150 valence electrons. The molecule has 3 N–H and O–H groups in total. The molecule has 28 heavy (non-hydrogen) atoms. The van der Waals surface area contributed by atoms with E-state index in [0.29, 0.717) is 28.6 Å². The maximum Gasteiger partial charge on any atom is 0.251 e. The fourth-order valence-corrected chi connectivity index (χ4v) is 5.45. The molecule has 0 spiro atoms. The van der Waals surface area contributed by atoms with E-state index in [1.54, 1.807) is 6.07 Å². The number of ether oxygens (including phenoxy) is 1. The maximum absolute atomic E-state index is 6.37. The summed E-state index contributed by atoms with van der Waals surface area (Å²) in [4.78, 5) is 0. The molecular weight excluding hydrogens is 376 g/mol. The maximum atomic E-state index is 6.37. The third-order valence-corrected chi connectivity index (χ3v) is 7.26. The molecule has 1 aliphatic carbocycles. The van der Waals surface area contributed by atoms with Gasteiger partial charge < -0.3 is 20.2 Å². The number of fused-ring (bicyclic) bond motifs is 1. The number of benzene rings is 1. The van der Waals surface area contributed by atoms with E-state index in [4.69, 9.17) is 26.5 Å². The largest absolute Gasteiger partial charge is 0.492 e. The van der Waals surface area contributed by atoms with E-state index in [9.17, 15) is 0 Å². The summed E-state index contributed by atoms with van der Waals surface area (Å²) in [5.41, 5.74) is 8.81. The number of piperidine rings is 1. The van der Waals surface area contributed by atoms with Gasteiger partial charge >= 0.3 is 0 Å². The molecule has 0 radical (unpaired) electrons. The number of nitrogens with two attached hydrogens (primary N) is 1. The summed E-state index contributed by atoms with van der Waals surface area (Å²) < 4.78 is 12.0. The molecule has 0 unspecified atom stereocenters. The van der Waals surface area contributed by atoms with Crippen LogP contribution in [0, 0.1) is 11.3 Å². The fraction of sp³-hybridized carbons (Fsp3) is 0.619. The molecule has 5 rings (SSSR count). The minimum atomic E-state index is 0.334. The lowest BCUT2D eigenvalue weighted by Gasteiger charge is -2.49. The lowest BCUT2D eigenvalue weighted by molar-refractivity contribution is 0.0237. The Hall–Kier alpha value is -1.79. The smallest absolute Gasteiger partial charge is 0.251 e. The summed E-state index contributed by atoms with van der Waals surface area (Å²) in [5, 5.41) is 12.7. The molecule has 0 amide bonds. The van der Waals surface area contributed by atoms with Crippen LogP contribution in [0.15, 0.2) is 10.5 Å². The summed E-state index contributed by atoms with van der Waals surface area (Å²) in [5.74, 6) is 2.71. The van der Waals surface area contributed by atoms with Crippen LogP contribution in [0.2, 0.25) is 5.02 Å². The second-order valence-electron chi connectivity index (χ2n) is 8.50. The van der Waals surface area contributed by atoms with Gasteiger partial charge in [0.15, 0.2) is 0 Å². The molecule has 1 saturated heterocycles. The molecule has 1 saturated carbocycles. The van der Waals surface area contributed by atoms with Gasteiger partial charge in [-0.25, -0.2) is 0 Å². The van der Waals surface area contributed by atoms with Crippen molar-refractivity contribution >= 4 is 17.3 Å². The Balaban J connectivity index is 1.43. The second-order valence-corrected chi connectivity index (χ2v) is 8.90. The number of nitrogens with zero attached hydrogens (tertiary/aromatic N) is 2. The highest BCUT2D eigenvalue weighted by Gasteiger charge is 2.45. The Labute approximate surface area is 170 Å². The fourth-order valence-electron chi connectivity index (χ4n) is 5.22. The summed E-state index contributed by atoms with van der Waals surface area (Å²) in [7, 11) is 0. The van der Waals surface area contributed by atoms with E-state index in [-0.39, 0.29) is 0 Å². The predicted molar refractivity (Wildman–Crippen MR) is 109 cm³/mol. The normalized spacial score (nSPS) is 21.6. The number of anilines is 1. The Morgan fingerprint density at radius 1 is 1.21 bits per heavy atom. The van der Waals surface area contributed by atoms with Crippen LogP contribution in [0.25, 0.3) is 11.5 Å². The van der Waals surface area contributed by atoms with Crippen molar-refractivity contribution in [3.05, 3.63) is 22.5 Å². The minimum absolute atomic E-state index is 0.334. The monoisotopic (exact) mass is 402 g/mol.